The van der Waals surface area contributed by atoms with E-state index in [1.807, 2.05) is 19.1 Å². The molecule has 0 atom stereocenters. The SMILES string of the molecule is Cc1ccc(C(=O)c2sc(Nc3ccc(F)cc3)nc2N)cc1. The van der Waals surface area contributed by atoms with Crippen molar-refractivity contribution in [1.29, 1.82) is 0 Å². The fraction of sp³-hybridized carbons (Fsp3) is 0.0588. The molecule has 23 heavy (non-hydrogen) atoms. The second-order valence-electron chi connectivity index (χ2n) is 5.06. The van der Waals surface area contributed by atoms with Crippen LogP contribution in [0, 0.1) is 12.7 Å². The van der Waals surface area contributed by atoms with Crippen LogP contribution in [0.4, 0.5) is 21.0 Å². The number of nitrogens with one attached hydrogen (secondary N) is 1. The van der Waals surface area contributed by atoms with Crippen LogP contribution in [0.2, 0.25) is 0 Å². The van der Waals surface area contributed by atoms with Crippen LogP contribution < -0.4 is 11.1 Å². The fourth-order valence-corrected chi connectivity index (χ4v) is 2.91. The molecule has 2 aromatic carbocycles. The Morgan fingerprint density at radius 2 is 1.78 bits per heavy atom. The highest BCUT2D eigenvalue weighted by Crippen LogP contribution is 2.29. The highest BCUT2D eigenvalue weighted by molar-refractivity contribution is 7.18. The number of aryl methyl sites for hydroxylation is 1. The van der Waals surface area contributed by atoms with E-state index in [-0.39, 0.29) is 17.4 Å². The number of nitrogen functional groups attached to an aromatic ring is 1. The molecule has 0 bridgehead atoms. The largest absolute Gasteiger partial charge is 0.382 e. The van der Waals surface area contributed by atoms with Crippen molar-refractivity contribution < 1.29 is 9.18 Å². The van der Waals surface area contributed by atoms with Gasteiger partial charge in [0.05, 0.1) is 0 Å². The topological polar surface area (TPSA) is 68.0 Å². The van der Waals surface area contributed by atoms with Crippen LogP contribution in [0.5, 0.6) is 0 Å². The first-order valence-corrected chi connectivity index (χ1v) is 7.75. The fourth-order valence-electron chi connectivity index (χ4n) is 2.04. The summed E-state index contributed by atoms with van der Waals surface area (Å²) < 4.78 is 12.9. The van der Waals surface area contributed by atoms with Crippen LogP contribution in [0.3, 0.4) is 0 Å². The van der Waals surface area contributed by atoms with Gasteiger partial charge in [-0.3, -0.25) is 4.79 Å². The number of benzene rings is 2. The maximum atomic E-state index is 12.9. The molecule has 1 aromatic heterocycles. The molecular formula is C17H14FN3OS. The van der Waals surface area contributed by atoms with Gasteiger partial charge in [-0.05, 0) is 31.2 Å². The molecule has 3 N–H and O–H groups in total. The summed E-state index contributed by atoms with van der Waals surface area (Å²) >= 11 is 1.18. The summed E-state index contributed by atoms with van der Waals surface area (Å²) in [7, 11) is 0. The number of nitrogens with zero attached hydrogens (tertiary/aromatic N) is 1. The van der Waals surface area contributed by atoms with E-state index < -0.39 is 0 Å². The third kappa shape index (κ3) is 3.37. The molecule has 0 aliphatic carbocycles. The molecule has 0 fully saturated rings. The molecule has 0 unspecified atom stereocenters. The minimum atomic E-state index is -0.315. The first-order valence-electron chi connectivity index (χ1n) is 6.93. The molecule has 3 rings (SSSR count). The number of thiazole rings is 1. The number of aromatic nitrogens is 1. The molecule has 3 aromatic rings. The highest BCUT2D eigenvalue weighted by Gasteiger charge is 2.18. The van der Waals surface area contributed by atoms with Crippen molar-refractivity contribution in [3.05, 3.63) is 70.4 Å². The van der Waals surface area contributed by atoms with E-state index in [2.05, 4.69) is 10.3 Å². The van der Waals surface area contributed by atoms with Gasteiger partial charge in [0.15, 0.2) is 5.13 Å². The monoisotopic (exact) mass is 327 g/mol. The van der Waals surface area contributed by atoms with Gasteiger partial charge in [-0.1, -0.05) is 41.2 Å². The Hall–Kier alpha value is -2.73. The number of rotatable bonds is 4. The Balaban J connectivity index is 1.84. The molecule has 0 amide bonds. The maximum Gasteiger partial charge on any atom is 0.206 e. The van der Waals surface area contributed by atoms with Gasteiger partial charge in [0.25, 0.3) is 0 Å². The van der Waals surface area contributed by atoms with Gasteiger partial charge >= 0.3 is 0 Å². The summed E-state index contributed by atoms with van der Waals surface area (Å²) in [6, 6.07) is 13.2. The van der Waals surface area contributed by atoms with E-state index in [9.17, 15) is 9.18 Å². The van der Waals surface area contributed by atoms with Crippen molar-refractivity contribution in [1.82, 2.24) is 4.98 Å². The number of carbonyl (C=O) groups excluding carboxylic acids is 1. The van der Waals surface area contributed by atoms with Gasteiger partial charge in [0.1, 0.15) is 16.5 Å². The Labute approximate surface area is 136 Å². The van der Waals surface area contributed by atoms with Gasteiger partial charge < -0.3 is 11.1 Å². The summed E-state index contributed by atoms with van der Waals surface area (Å²) in [5.74, 6) is -0.290. The molecule has 0 saturated heterocycles. The van der Waals surface area contributed by atoms with E-state index in [1.54, 1.807) is 24.3 Å². The maximum absolute atomic E-state index is 12.9. The van der Waals surface area contributed by atoms with Crippen molar-refractivity contribution in [2.75, 3.05) is 11.1 Å². The first kappa shape index (κ1) is 15.2. The number of anilines is 3. The molecule has 0 spiro atoms. The van der Waals surface area contributed by atoms with Crippen molar-refractivity contribution >= 4 is 33.8 Å². The Kier molecular flexibility index (Phi) is 4.08. The van der Waals surface area contributed by atoms with Gasteiger partial charge in [0.2, 0.25) is 5.78 Å². The van der Waals surface area contributed by atoms with Crippen molar-refractivity contribution in [3.63, 3.8) is 0 Å². The zero-order valence-electron chi connectivity index (χ0n) is 12.3. The van der Waals surface area contributed by atoms with Crippen molar-refractivity contribution in [2.24, 2.45) is 0 Å². The van der Waals surface area contributed by atoms with E-state index in [4.69, 9.17) is 5.73 Å². The third-order valence-corrected chi connectivity index (χ3v) is 4.25. The standard InChI is InChI=1S/C17H14FN3OS/c1-10-2-4-11(5-3-10)14(22)15-16(19)21-17(23-15)20-13-8-6-12(18)7-9-13/h2-9H,19H2,1H3,(H,20,21). The zero-order chi connectivity index (χ0) is 16.4. The lowest BCUT2D eigenvalue weighted by Gasteiger charge is -2.01. The molecule has 116 valence electrons. The van der Waals surface area contributed by atoms with Crippen LogP contribution in [0.15, 0.2) is 48.5 Å². The van der Waals surface area contributed by atoms with E-state index in [0.717, 1.165) is 5.56 Å². The molecule has 0 aliphatic heterocycles. The van der Waals surface area contributed by atoms with Crippen molar-refractivity contribution in [3.8, 4) is 0 Å². The number of halogens is 1. The molecule has 1 heterocycles. The van der Waals surface area contributed by atoms with Crippen LogP contribution in [-0.4, -0.2) is 10.8 Å². The average Bonchev–Trinajstić information content (AvgIpc) is 2.90. The number of hydrogen-bond acceptors (Lipinski definition) is 5. The van der Waals surface area contributed by atoms with Crippen LogP contribution >= 0.6 is 11.3 Å². The predicted octanol–water partition coefficient (Wildman–Crippen LogP) is 4.15. The number of hydrogen-bond donors (Lipinski definition) is 2. The predicted molar refractivity (Wildman–Crippen MR) is 90.8 cm³/mol. The summed E-state index contributed by atoms with van der Waals surface area (Å²) in [6.07, 6.45) is 0. The van der Waals surface area contributed by atoms with Gasteiger partial charge in [-0.15, -0.1) is 0 Å². The number of carbonyl (C=O) groups is 1. The summed E-state index contributed by atoms with van der Waals surface area (Å²) in [5.41, 5.74) is 8.19. The summed E-state index contributed by atoms with van der Waals surface area (Å²) in [6.45, 7) is 1.96. The lowest BCUT2D eigenvalue weighted by Crippen LogP contribution is -2.02. The Morgan fingerprint density at radius 1 is 1.13 bits per heavy atom. The van der Waals surface area contributed by atoms with E-state index >= 15 is 0 Å². The van der Waals surface area contributed by atoms with Gasteiger partial charge in [0, 0.05) is 11.3 Å². The third-order valence-electron chi connectivity index (χ3n) is 3.27. The van der Waals surface area contributed by atoms with Crippen LogP contribution in [0.1, 0.15) is 20.8 Å². The highest BCUT2D eigenvalue weighted by atomic mass is 32.1. The lowest BCUT2D eigenvalue weighted by atomic mass is 10.1. The molecule has 0 radical (unpaired) electrons. The molecule has 0 aliphatic rings. The van der Waals surface area contributed by atoms with E-state index in [0.29, 0.717) is 21.3 Å². The average molecular weight is 327 g/mol. The molecule has 4 nitrogen and oxygen atoms in total. The number of ketones is 1. The van der Waals surface area contributed by atoms with E-state index in [1.165, 1.54) is 23.5 Å². The van der Waals surface area contributed by atoms with Gasteiger partial charge in [-0.2, -0.15) is 0 Å². The zero-order valence-corrected chi connectivity index (χ0v) is 13.2. The van der Waals surface area contributed by atoms with Crippen LogP contribution in [-0.2, 0) is 0 Å². The normalized spacial score (nSPS) is 10.5. The van der Waals surface area contributed by atoms with Crippen LogP contribution in [0.25, 0.3) is 0 Å². The second kappa shape index (κ2) is 6.18. The molecular weight excluding hydrogens is 313 g/mol. The lowest BCUT2D eigenvalue weighted by molar-refractivity contribution is 0.104. The minimum Gasteiger partial charge on any atom is -0.382 e. The quantitative estimate of drug-likeness (QED) is 0.707. The van der Waals surface area contributed by atoms with Crippen molar-refractivity contribution in [2.45, 2.75) is 6.92 Å². The minimum absolute atomic E-state index is 0.160. The Morgan fingerprint density at radius 3 is 2.43 bits per heavy atom. The molecule has 6 heteroatoms. The number of nitrogens with two attached hydrogens (primary N) is 1. The van der Waals surface area contributed by atoms with Gasteiger partial charge in [-0.25, -0.2) is 9.37 Å². The smallest absolute Gasteiger partial charge is 0.206 e. The molecule has 0 saturated carbocycles. The second-order valence-corrected chi connectivity index (χ2v) is 6.06. The Bertz CT molecular complexity index is 841. The summed E-state index contributed by atoms with van der Waals surface area (Å²) in [4.78, 5) is 17.1. The first-order chi connectivity index (χ1) is 11.0. The summed E-state index contributed by atoms with van der Waals surface area (Å²) in [5, 5.41) is 3.51.